The number of aliphatic hydroxyl groups excluding tert-OH is 1. The lowest BCUT2D eigenvalue weighted by Crippen LogP contribution is -2.37. The number of nitrogens with zero attached hydrogens (tertiary/aromatic N) is 1. The van der Waals surface area contributed by atoms with Crippen LogP contribution in [0.1, 0.15) is 25.0 Å². The molecule has 0 spiro atoms. The van der Waals surface area contributed by atoms with Crippen LogP contribution in [0.2, 0.25) is 0 Å². The molecule has 1 aliphatic rings. The van der Waals surface area contributed by atoms with Gasteiger partial charge in [-0.3, -0.25) is 0 Å². The Bertz CT molecular complexity index is 680. The molecule has 1 aliphatic carbocycles. The first-order chi connectivity index (χ1) is 10.5. The zero-order valence-corrected chi connectivity index (χ0v) is 13.1. The van der Waals surface area contributed by atoms with E-state index in [-0.39, 0.29) is 18.1 Å². The zero-order chi connectivity index (χ0) is 15.7. The molecule has 0 aliphatic heterocycles. The molecule has 0 bridgehead atoms. The van der Waals surface area contributed by atoms with Crippen molar-refractivity contribution in [2.24, 2.45) is 5.92 Å². The van der Waals surface area contributed by atoms with E-state index in [0.717, 1.165) is 41.5 Å². The van der Waals surface area contributed by atoms with Crippen LogP contribution < -0.4 is 5.32 Å². The summed E-state index contributed by atoms with van der Waals surface area (Å²) in [5, 5.41) is 13.9. The van der Waals surface area contributed by atoms with Gasteiger partial charge in [0.25, 0.3) is 0 Å². The molecule has 3 N–H and O–H groups in total. The van der Waals surface area contributed by atoms with Crippen molar-refractivity contribution in [1.82, 2.24) is 9.88 Å². The Morgan fingerprint density at radius 3 is 2.95 bits per heavy atom. The van der Waals surface area contributed by atoms with Crippen molar-refractivity contribution in [1.29, 1.82) is 0 Å². The van der Waals surface area contributed by atoms with Gasteiger partial charge in [-0.05, 0) is 44.0 Å². The third-order valence-electron chi connectivity index (χ3n) is 4.48. The van der Waals surface area contributed by atoms with E-state index in [1.807, 2.05) is 25.1 Å². The van der Waals surface area contributed by atoms with E-state index in [0.29, 0.717) is 6.54 Å². The first-order valence-electron chi connectivity index (χ1n) is 7.82. The van der Waals surface area contributed by atoms with Gasteiger partial charge in [0.1, 0.15) is 0 Å². The van der Waals surface area contributed by atoms with Crippen LogP contribution in [0.5, 0.6) is 0 Å². The van der Waals surface area contributed by atoms with Crippen molar-refractivity contribution in [2.75, 3.05) is 18.9 Å². The van der Waals surface area contributed by atoms with Crippen LogP contribution in [0.25, 0.3) is 10.9 Å². The number of urea groups is 1. The number of nitrogens with one attached hydrogen (secondary N) is 2. The third kappa shape index (κ3) is 3.09. The predicted octanol–water partition coefficient (Wildman–Crippen LogP) is 3.10. The van der Waals surface area contributed by atoms with Crippen molar-refractivity contribution >= 4 is 22.6 Å². The molecule has 118 valence electrons. The van der Waals surface area contributed by atoms with Gasteiger partial charge in [0, 0.05) is 41.8 Å². The number of aryl methyl sites for hydroxylation is 1. The van der Waals surface area contributed by atoms with Crippen molar-refractivity contribution in [3.8, 4) is 0 Å². The number of carbonyl (C=O) groups is 1. The first-order valence-corrected chi connectivity index (χ1v) is 7.82. The van der Waals surface area contributed by atoms with Crippen LogP contribution in [0.4, 0.5) is 10.5 Å². The second-order valence-electron chi connectivity index (χ2n) is 6.32. The average Bonchev–Trinajstić information content (AvgIpc) is 3.03. The van der Waals surface area contributed by atoms with Crippen molar-refractivity contribution in [3.63, 3.8) is 0 Å². The lowest BCUT2D eigenvalue weighted by atomic mass is 10.1. The van der Waals surface area contributed by atoms with Gasteiger partial charge in [0.2, 0.25) is 0 Å². The summed E-state index contributed by atoms with van der Waals surface area (Å²) in [4.78, 5) is 17.2. The number of H-pyrrole nitrogens is 1. The highest BCUT2D eigenvalue weighted by Crippen LogP contribution is 2.26. The lowest BCUT2D eigenvalue weighted by Gasteiger charge is -2.23. The Kier molecular flexibility index (Phi) is 4.07. The SMILES string of the molecule is Cc1cc2cc(NC(=O)N(C)CC3CCCC3O)ccc2[nH]1. The molecular weight excluding hydrogens is 278 g/mol. The quantitative estimate of drug-likeness (QED) is 0.815. The highest BCUT2D eigenvalue weighted by molar-refractivity contribution is 5.92. The van der Waals surface area contributed by atoms with E-state index in [1.54, 1.807) is 11.9 Å². The number of aromatic amines is 1. The van der Waals surface area contributed by atoms with Crippen LogP contribution in [-0.4, -0.2) is 40.7 Å². The molecule has 2 amide bonds. The van der Waals surface area contributed by atoms with Gasteiger partial charge < -0.3 is 20.3 Å². The van der Waals surface area contributed by atoms with E-state index in [4.69, 9.17) is 0 Å². The molecule has 0 radical (unpaired) electrons. The number of hydrogen-bond donors (Lipinski definition) is 3. The van der Waals surface area contributed by atoms with Crippen molar-refractivity contribution in [2.45, 2.75) is 32.3 Å². The maximum Gasteiger partial charge on any atom is 0.321 e. The van der Waals surface area contributed by atoms with Gasteiger partial charge in [-0.1, -0.05) is 6.42 Å². The van der Waals surface area contributed by atoms with Gasteiger partial charge in [0.15, 0.2) is 0 Å². The Morgan fingerprint density at radius 2 is 2.23 bits per heavy atom. The fourth-order valence-corrected chi connectivity index (χ4v) is 3.24. The second-order valence-corrected chi connectivity index (χ2v) is 6.32. The highest BCUT2D eigenvalue weighted by atomic mass is 16.3. The summed E-state index contributed by atoms with van der Waals surface area (Å²) in [5.41, 5.74) is 2.96. The monoisotopic (exact) mass is 301 g/mol. The van der Waals surface area contributed by atoms with Gasteiger partial charge in [-0.2, -0.15) is 0 Å². The second kappa shape index (κ2) is 6.01. The summed E-state index contributed by atoms with van der Waals surface area (Å²) < 4.78 is 0. The number of aromatic nitrogens is 1. The summed E-state index contributed by atoms with van der Waals surface area (Å²) >= 11 is 0. The molecule has 5 nitrogen and oxygen atoms in total. The highest BCUT2D eigenvalue weighted by Gasteiger charge is 2.27. The number of amides is 2. The minimum atomic E-state index is -0.269. The normalized spacial score (nSPS) is 21.2. The number of rotatable bonds is 3. The fraction of sp³-hybridized carbons (Fsp3) is 0.471. The summed E-state index contributed by atoms with van der Waals surface area (Å²) in [7, 11) is 1.78. The Balaban J connectivity index is 1.64. The number of hydrogen-bond acceptors (Lipinski definition) is 2. The topological polar surface area (TPSA) is 68.4 Å². The van der Waals surface area contributed by atoms with Crippen LogP contribution >= 0.6 is 0 Å². The molecule has 1 saturated carbocycles. The number of fused-ring (bicyclic) bond motifs is 1. The Morgan fingerprint density at radius 1 is 1.41 bits per heavy atom. The van der Waals surface area contributed by atoms with Crippen LogP contribution in [-0.2, 0) is 0 Å². The van der Waals surface area contributed by atoms with Crippen LogP contribution in [0.15, 0.2) is 24.3 Å². The molecule has 2 aromatic rings. The van der Waals surface area contributed by atoms with E-state index >= 15 is 0 Å². The Labute approximate surface area is 130 Å². The van der Waals surface area contributed by atoms with Crippen molar-refractivity contribution in [3.05, 3.63) is 30.0 Å². The van der Waals surface area contributed by atoms with Gasteiger partial charge >= 0.3 is 6.03 Å². The largest absolute Gasteiger partial charge is 0.393 e. The van der Waals surface area contributed by atoms with Gasteiger partial charge in [-0.25, -0.2) is 4.79 Å². The summed E-state index contributed by atoms with van der Waals surface area (Å²) in [5.74, 6) is 0.200. The van der Waals surface area contributed by atoms with Crippen molar-refractivity contribution < 1.29 is 9.90 Å². The maximum absolute atomic E-state index is 12.3. The molecule has 1 aromatic heterocycles. The number of aliphatic hydroxyl groups is 1. The average molecular weight is 301 g/mol. The standard InChI is InChI=1S/C17H23N3O2/c1-11-8-13-9-14(6-7-15(13)18-11)19-17(22)20(2)10-12-4-3-5-16(12)21/h6-9,12,16,18,21H,3-5,10H2,1-2H3,(H,19,22). The zero-order valence-electron chi connectivity index (χ0n) is 13.1. The van der Waals surface area contributed by atoms with E-state index in [9.17, 15) is 9.90 Å². The molecule has 2 unspecified atom stereocenters. The molecule has 2 atom stereocenters. The third-order valence-corrected chi connectivity index (χ3v) is 4.48. The van der Waals surface area contributed by atoms with Crippen LogP contribution in [0, 0.1) is 12.8 Å². The van der Waals surface area contributed by atoms with E-state index in [2.05, 4.69) is 16.4 Å². The molecule has 3 rings (SSSR count). The minimum Gasteiger partial charge on any atom is -0.393 e. The summed E-state index contributed by atoms with van der Waals surface area (Å²) in [6.07, 6.45) is 2.62. The summed E-state index contributed by atoms with van der Waals surface area (Å²) in [6, 6.07) is 7.76. The molecule has 0 saturated heterocycles. The smallest absolute Gasteiger partial charge is 0.321 e. The molecular formula is C17H23N3O2. The lowest BCUT2D eigenvalue weighted by molar-refractivity contribution is 0.116. The minimum absolute atomic E-state index is 0.134. The molecule has 5 heteroatoms. The Hall–Kier alpha value is -2.01. The van der Waals surface area contributed by atoms with E-state index in [1.165, 1.54) is 0 Å². The molecule has 1 fully saturated rings. The van der Waals surface area contributed by atoms with Crippen LogP contribution in [0.3, 0.4) is 0 Å². The maximum atomic E-state index is 12.3. The van der Waals surface area contributed by atoms with Gasteiger partial charge in [0.05, 0.1) is 6.10 Å². The number of anilines is 1. The summed E-state index contributed by atoms with van der Waals surface area (Å²) in [6.45, 7) is 2.61. The van der Waals surface area contributed by atoms with Gasteiger partial charge in [-0.15, -0.1) is 0 Å². The first kappa shape index (κ1) is 14.9. The number of benzene rings is 1. The number of carbonyl (C=O) groups excluding carboxylic acids is 1. The molecule has 22 heavy (non-hydrogen) atoms. The molecule has 1 aromatic carbocycles. The van der Waals surface area contributed by atoms with E-state index < -0.39 is 0 Å². The predicted molar refractivity (Wildman–Crippen MR) is 88.0 cm³/mol. The molecule has 1 heterocycles. The fourth-order valence-electron chi connectivity index (χ4n) is 3.24.